The van der Waals surface area contributed by atoms with Crippen LogP contribution in [0.4, 0.5) is 0 Å². The lowest BCUT2D eigenvalue weighted by atomic mass is 10.0. The van der Waals surface area contributed by atoms with Crippen molar-refractivity contribution in [3.63, 3.8) is 0 Å². The molecule has 0 spiro atoms. The van der Waals surface area contributed by atoms with Gasteiger partial charge in [0, 0.05) is 5.75 Å². The standard InChI is InChI=1S/C12H12N2O2S3/c1-17-11-13-14-12(19-11)18-7-9(10(15)16)8-5-3-2-4-6-8/h2-6,9H,7H2,1H3,(H,15,16). The summed E-state index contributed by atoms with van der Waals surface area (Å²) >= 11 is 4.47. The fourth-order valence-electron chi connectivity index (χ4n) is 1.49. The first-order chi connectivity index (χ1) is 9.20. The summed E-state index contributed by atoms with van der Waals surface area (Å²) in [6.45, 7) is 0. The Bertz CT molecular complexity index is 545. The molecule has 1 heterocycles. The summed E-state index contributed by atoms with van der Waals surface area (Å²) in [7, 11) is 0. The van der Waals surface area contributed by atoms with Gasteiger partial charge in [0.2, 0.25) is 0 Å². The highest BCUT2D eigenvalue weighted by atomic mass is 32.2. The Kier molecular flexibility index (Phi) is 5.24. The molecular weight excluding hydrogens is 300 g/mol. The molecule has 0 fully saturated rings. The van der Waals surface area contributed by atoms with Crippen LogP contribution in [-0.2, 0) is 4.79 Å². The van der Waals surface area contributed by atoms with Crippen LogP contribution in [0.1, 0.15) is 11.5 Å². The van der Waals surface area contributed by atoms with Crippen molar-refractivity contribution in [1.82, 2.24) is 10.2 Å². The molecule has 1 aromatic heterocycles. The SMILES string of the molecule is CSc1nnc(SCC(C(=O)O)c2ccccc2)s1. The fraction of sp³-hybridized carbons (Fsp3) is 0.250. The molecule has 7 heteroatoms. The zero-order valence-electron chi connectivity index (χ0n) is 10.1. The normalized spacial score (nSPS) is 12.3. The monoisotopic (exact) mass is 312 g/mol. The number of hydrogen-bond acceptors (Lipinski definition) is 6. The summed E-state index contributed by atoms with van der Waals surface area (Å²) in [4.78, 5) is 11.3. The molecular formula is C12H12N2O2S3. The number of benzene rings is 1. The number of carboxylic acids is 1. The highest BCUT2D eigenvalue weighted by Crippen LogP contribution is 2.31. The van der Waals surface area contributed by atoms with Crippen LogP contribution in [0.15, 0.2) is 39.0 Å². The Morgan fingerprint density at radius 1 is 1.32 bits per heavy atom. The van der Waals surface area contributed by atoms with Crippen molar-refractivity contribution >= 4 is 40.8 Å². The molecule has 0 radical (unpaired) electrons. The Labute approximate surface area is 123 Å². The first kappa shape index (κ1) is 14.4. The topological polar surface area (TPSA) is 63.1 Å². The molecule has 1 unspecified atom stereocenters. The lowest BCUT2D eigenvalue weighted by Crippen LogP contribution is -2.13. The minimum atomic E-state index is -0.812. The van der Waals surface area contributed by atoms with Gasteiger partial charge in [-0.25, -0.2) is 0 Å². The molecule has 0 aliphatic rings. The maximum absolute atomic E-state index is 11.3. The van der Waals surface area contributed by atoms with Gasteiger partial charge in [-0.15, -0.1) is 10.2 Å². The van der Waals surface area contributed by atoms with Crippen LogP contribution in [-0.4, -0.2) is 33.3 Å². The molecule has 2 aromatic rings. The van der Waals surface area contributed by atoms with Crippen LogP contribution in [0.5, 0.6) is 0 Å². The smallest absolute Gasteiger partial charge is 0.311 e. The third-order valence-corrected chi connectivity index (χ3v) is 5.56. The fourth-order valence-corrected chi connectivity index (χ4v) is 4.07. The first-order valence-corrected chi connectivity index (χ1v) is 8.51. The zero-order chi connectivity index (χ0) is 13.7. The highest BCUT2D eigenvalue weighted by Gasteiger charge is 2.20. The van der Waals surface area contributed by atoms with E-state index in [0.29, 0.717) is 5.75 Å². The average molecular weight is 312 g/mol. The summed E-state index contributed by atoms with van der Waals surface area (Å²) in [5.74, 6) is -0.872. The van der Waals surface area contributed by atoms with Crippen LogP contribution in [0.3, 0.4) is 0 Å². The Morgan fingerprint density at radius 2 is 2.00 bits per heavy atom. The maximum Gasteiger partial charge on any atom is 0.311 e. The van der Waals surface area contributed by atoms with Gasteiger partial charge in [-0.05, 0) is 11.8 Å². The predicted octanol–water partition coefficient (Wildman–Crippen LogP) is 3.22. The second-order valence-electron chi connectivity index (χ2n) is 3.65. The van der Waals surface area contributed by atoms with Gasteiger partial charge in [-0.2, -0.15) is 0 Å². The molecule has 19 heavy (non-hydrogen) atoms. The maximum atomic E-state index is 11.3. The van der Waals surface area contributed by atoms with Gasteiger partial charge in [0.05, 0.1) is 5.92 Å². The van der Waals surface area contributed by atoms with Crippen molar-refractivity contribution < 1.29 is 9.90 Å². The van der Waals surface area contributed by atoms with Gasteiger partial charge in [-0.3, -0.25) is 4.79 Å². The summed E-state index contributed by atoms with van der Waals surface area (Å²) in [6, 6.07) is 9.27. The van der Waals surface area contributed by atoms with Gasteiger partial charge >= 0.3 is 5.97 Å². The van der Waals surface area contributed by atoms with Crippen molar-refractivity contribution in [2.24, 2.45) is 0 Å². The number of nitrogens with zero attached hydrogens (tertiary/aromatic N) is 2. The van der Waals surface area contributed by atoms with Gasteiger partial charge < -0.3 is 5.11 Å². The van der Waals surface area contributed by atoms with E-state index in [1.54, 1.807) is 11.8 Å². The Balaban J connectivity index is 2.04. The van der Waals surface area contributed by atoms with Crippen molar-refractivity contribution in [3.8, 4) is 0 Å². The number of hydrogen-bond donors (Lipinski definition) is 1. The third kappa shape index (κ3) is 3.95. The summed E-state index contributed by atoms with van der Waals surface area (Å²) in [5.41, 5.74) is 0.817. The molecule has 0 saturated carbocycles. The second-order valence-corrected chi connectivity index (χ2v) is 6.95. The molecule has 0 saturated heterocycles. The molecule has 1 aromatic carbocycles. The average Bonchev–Trinajstić information content (AvgIpc) is 2.88. The number of carbonyl (C=O) groups is 1. The minimum Gasteiger partial charge on any atom is -0.481 e. The van der Waals surface area contributed by atoms with Crippen LogP contribution in [0, 0.1) is 0 Å². The third-order valence-electron chi connectivity index (χ3n) is 2.44. The van der Waals surface area contributed by atoms with Crippen LogP contribution >= 0.6 is 34.9 Å². The van der Waals surface area contributed by atoms with Gasteiger partial charge in [0.1, 0.15) is 0 Å². The molecule has 1 atom stereocenters. The van der Waals surface area contributed by atoms with E-state index in [2.05, 4.69) is 10.2 Å². The predicted molar refractivity (Wildman–Crippen MR) is 79.2 cm³/mol. The number of aromatic nitrogens is 2. The number of carboxylic acid groups (broad SMARTS) is 1. The van der Waals surface area contributed by atoms with E-state index in [4.69, 9.17) is 0 Å². The van der Waals surface area contributed by atoms with E-state index >= 15 is 0 Å². The van der Waals surface area contributed by atoms with E-state index < -0.39 is 11.9 Å². The number of thioether (sulfide) groups is 2. The molecule has 100 valence electrons. The van der Waals surface area contributed by atoms with Crippen molar-refractivity contribution in [2.75, 3.05) is 12.0 Å². The Morgan fingerprint density at radius 3 is 2.58 bits per heavy atom. The molecule has 4 nitrogen and oxygen atoms in total. The Hall–Kier alpha value is -1.05. The van der Waals surface area contributed by atoms with Crippen LogP contribution < -0.4 is 0 Å². The quantitative estimate of drug-likeness (QED) is 0.826. The molecule has 0 amide bonds. The van der Waals surface area contributed by atoms with Crippen LogP contribution in [0.2, 0.25) is 0 Å². The van der Waals surface area contributed by atoms with Crippen LogP contribution in [0.25, 0.3) is 0 Å². The molecule has 1 N–H and O–H groups in total. The lowest BCUT2D eigenvalue weighted by molar-refractivity contribution is -0.138. The second kappa shape index (κ2) is 6.93. The van der Waals surface area contributed by atoms with E-state index in [1.807, 2.05) is 36.6 Å². The van der Waals surface area contributed by atoms with Gasteiger partial charge in [-0.1, -0.05) is 65.2 Å². The number of rotatable bonds is 6. The summed E-state index contributed by atoms with van der Waals surface area (Å²) in [5, 5.41) is 17.3. The molecule has 0 bridgehead atoms. The van der Waals surface area contributed by atoms with Crippen molar-refractivity contribution in [1.29, 1.82) is 0 Å². The minimum absolute atomic E-state index is 0.461. The summed E-state index contributed by atoms with van der Waals surface area (Å²) < 4.78 is 1.71. The van der Waals surface area contributed by atoms with E-state index in [9.17, 15) is 9.90 Å². The van der Waals surface area contributed by atoms with Gasteiger partial charge in [0.15, 0.2) is 8.68 Å². The largest absolute Gasteiger partial charge is 0.481 e. The summed E-state index contributed by atoms with van der Waals surface area (Å²) in [6.07, 6.45) is 1.94. The van der Waals surface area contributed by atoms with E-state index in [0.717, 1.165) is 14.2 Å². The van der Waals surface area contributed by atoms with Crippen molar-refractivity contribution in [3.05, 3.63) is 35.9 Å². The number of aliphatic carboxylic acids is 1. The van der Waals surface area contributed by atoms with E-state index in [1.165, 1.54) is 23.1 Å². The molecule has 0 aliphatic heterocycles. The zero-order valence-corrected chi connectivity index (χ0v) is 12.6. The van der Waals surface area contributed by atoms with Gasteiger partial charge in [0.25, 0.3) is 0 Å². The molecule has 2 rings (SSSR count). The lowest BCUT2D eigenvalue weighted by Gasteiger charge is -2.10. The van der Waals surface area contributed by atoms with E-state index in [-0.39, 0.29) is 0 Å². The molecule has 0 aliphatic carbocycles. The first-order valence-electron chi connectivity index (χ1n) is 5.48. The van der Waals surface area contributed by atoms with Crippen molar-refractivity contribution in [2.45, 2.75) is 14.6 Å². The highest BCUT2D eigenvalue weighted by molar-refractivity contribution is 8.03.